The van der Waals surface area contributed by atoms with Crippen LogP contribution in [0.15, 0.2) is 35.7 Å². The molecule has 0 saturated carbocycles. The molecule has 9 heteroatoms. The molecule has 0 aliphatic heterocycles. The average molecular weight is 389 g/mol. The fourth-order valence-corrected chi connectivity index (χ4v) is 3.94. The summed E-state index contributed by atoms with van der Waals surface area (Å²) in [6, 6.07) is 3.81. The van der Waals surface area contributed by atoms with Gasteiger partial charge in [-0.2, -0.15) is 4.31 Å². The number of hydrogen-bond acceptors (Lipinski definition) is 5. The largest absolute Gasteiger partial charge is 0.452 e. The maximum atomic E-state index is 12.6. The predicted octanol–water partition coefficient (Wildman–Crippen LogP) is 1.83. The van der Waals surface area contributed by atoms with Gasteiger partial charge in [-0.1, -0.05) is 31.5 Å². The average Bonchev–Trinajstić information content (AvgIpc) is 2.58. The Kier molecular flexibility index (Phi) is 8.08. The molecule has 138 valence electrons. The Morgan fingerprint density at radius 3 is 2.52 bits per heavy atom. The quantitative estimate of drug-likeness (QED) is 0.514. The lowest BCUT2D eigenvalue weighted by Crippen LogP contribution is -2.31. The summed E-state index contributed by atoms with van der Waals surface area (Å²) < 4.78 is 31.3. The van der Waals surface area contributed by atoms with E-state index in [-0.39, 0.29) is 35.1 Å². The Labute approximate surface area is 152 Å². The molecule has 0 aliphatic carbocycles. The molecule has 0 saturated heterocycles. The number of halogens is 1. The van der Waals surface area contributed by atoms with E-state index in [0.717, 1.165) is 6.07 Å². The van der Waals surface area contributed by atoms with E-state index in [1.165, 1.54) is 22.5 Å². The summed E-state index contributed by atoms with van der Waals surface area (Å²) in [6.07, 6.45) is 1.49. The minimum absolute atomic E-state index is 0.00664. The molecule has 25 heavy (non-hydrogen) atoms. The summed E-state index contributed by atoms with van der Waals surface area (Å²) in [7, 11) is -3.83. The normalized spacial score (nSPS) is 11.2. The zero-order chi connectivity index (χ0) is 19.0. The zero-order valence-corrected chi connectivity index (χ0v) is 15.7. The number of nitrogens with one attached hydrogen (secondary N) is 1. The van der Waals surface area contributed by atoms with Gasteiger partial charge in [0.1, 0.15) is 4.90 Å². The van der Waals surface area contributed by atoms with Crippen LogP contribution in [0.2, 0.25) is 5.02 Å². The Bertz CT molecular complexity index is 745. The van der Waals surface area contributed by atoms with E-state index in [9.17, 15) is 18.0 Å². The van der Waals surface area contributed by atoms with Crippen molar-refractivity contribution in [2.45, 2.75) is 18.7 Å². The topological polar surface area (TPSA) is 92.8 Å². The van der Waals surface area contributed by atoms with Crippen molar-refractivity contribution in [2.24, 2.45) is 0 Å². The fourth-order valence-electron chi connectivity index (χ4n) is 1.98. The van der Waals surface area contributed by atoms with E-state index in [4.69, 9.17) is 16.3 Å². The van der Waals surface area contributed by atoms with E-state index < -0.39 is 28.5 Å². The molecule has 1 N–H and O–H groups in total. The number of carbonyl (C=O) groups excluding carboxylic acids is 2. The number of nitrogens with zero attached hydrogens (tertiary/aromatic N) is 1. The molecule has 0 heterocycles. The van der Waals surface area contributed by atoms with Crippen molar-refractivity contribution in [2.75, 3.05) is 26.2 Å². The van der Waals surface area contributed by atoms with Crippen LogP contribution < -0.4 is 5.32 Å². The van der Waals surface area contributed by atoms with Gasteiger partial charge in [-0.15, -0.1) is 6.58 Å². The van der Waals surface area contributed by atoms with Crippen LogP contribution in [0.5, 0.6) is 0 Å². The third-order valence-corrected chi connectivity index (χ3v) is 5.80. The summed E-state index contributed by atoms with van der Waals surface area (Å²) in [6.45, 7) is 7.17. The summed E-state index contributed by atoms with van der Waals surface area (Å²) in [5.74, 6) is -1.31. The van der Waals surface area contributed by atoms with Gasteiger partial charge in [0.05, 0.1) is 10.6 Å². The van der Waals surface area contributed by atoms with Gasteiger partial charge in [0.2, 0.25) is 10.0 Å². The molecule has 0 bridgehead atoms. The number of hydrogen-bond donors (Lipinski definition) is 1. The molecule has 0 atom stereocenters. The lowest BCUT2D eigenvalue weighted by Gasteiger charge is -2.19. The highest BCUT2D eigenvalue weighted by molar-refractivity contribution is 7.89. The fraction of sp³-hybridized carbons (Fsp3) is 0.375. The highest BCUT2D eigenvalue weighted by Gasteiger charge is 2.26. The third kappa shape index (κ3) is 5.55. The van der Waals surface area contributed by atoms with Crippen molar-refractivity contribution in [1.82, 2.24) is 9.62 Å². The molecule has 1 aromatic carbocycles. The van der Waals surface area contributed by atoms with Crippen molar-refractivity contribution in [3.05, 3.63) is 41.4 Å². The molecule has 0 spiro atoms. The van der Waals surface area contributed by atoms with E-state index in [1.54, 1.807) is 13.8 Å². The summed E-state index contributed by atoms with van der Waals surface area (Å²) in [5.41, 5.74) is -0.00773. The highest BCUT2D eigenvalue weighted by atomic mass is 35.5. The second-order valence-electron chi connectivity index (χ2n) is 4.90. The Morgan fingerprint density at radius 2 is 1.96 bits per heavy atom. The third-order valence-electron chi connectivity index (χ3n) is 3.27. The van der Waals surface area contributed by atoms with Crippen molar-refractivity contribution >= 4 is 33.5 Å². The number of esters is 1. The van der Waals surface area contributed by atoms with Crippen LogP contribution in [0, 0.1) is 0 Å². The van der Waals surface area contributed by atoms with Crippen LogP contribution in [0.1, 0.15) is 24.2 Å². The molecule has 7 nitrogen and oxygen atoms in total. The van der Waals surface area contributed by atoms with Gasteiger partial charge in [0.25, 0.3) is 5.91 Å². The van der Waals surface area contributed by atoms with E-state index in [2.05, 4.69) is 11.9 Å². The van der Waals surface area contributed by atoms with E-state index >= 15 is 0 Å². The molecule has 0 aliphatic rings. The van der Waals surface area contributed by atoms with Gasteiger partial charge < -0.3 is 10.1 Å². The van der Waals surface area contributed by atoms with E-state index in [0.29, 0.717) is 0 Å². The van der Waals surface area contributed by atoms with Crippen LogP contribution in [0.3, 0.4) is 0 Å². The molecular weight excluding hydrogens is 368 g/mol. The van der Waals surface area contributed by atoms with Gasteiger partial charge in [0.15, 0.2) is 6.61 Å². The monoisotopic (exact) mass is 388 g/mol. The molecule has 0 unspecified atom stereocenters. The lowest BCUT2D eigenvalue weighted by atomic mass is 10.2. The lowest BCUT2D eigenvalue weighted by molar-refractivity contribution is -0.124. The first-order valence-corrected chi connectivity index (χ1v) is 9.44. The van der Waals surface area contributed by atoms with Gasteiger partial charge in [0, 0.05) is 19.6 Å². The highest BCUT2D eigenvalue weighted by Crippen LogP contribution is 2.26. The molecule has 1 aromatic rings. The van der Waals surface area contributed by atoms with Crippen molar-refractivity contribution in [3.8, 4) is 0 Å². The number of amides is 1. The smallest absolute Gasteiger partial charge is 0.338 e. The molecule has 0 fully saturated rings. The van der Waals surface area contributed by atoms with Crippen LogP contribution in [0.4, 0.5) is 0 Å². The Morgan fingerprint density at radius 1 is 1.32 bits per heavy atom. The summed E-state index contributed by atoms with van der Waals surface area (Å²) in [5, 5.41) is 2.46. The maximum Gasteiger partial charge on any atom is 0.338 e. The van der Waals surface area contributed by atoms with Crippen molar-refractivity contribution in [3.63, 3.8) is 0 Å². The maximum absolute atomic E-state index is 12.6. The second-order valence-corrected chi connectivity index (χ2v) is 7.22. The number of benzene rings is 1. The first-order valence-electron chi connectivity index (χ1n) is 7.62. The Hall–Kier alpha value is -1.90. The molecule has 0 aromatic heterocycles. The van der Waals surface area contributed by atoms with Crippen LogP contribution in [0.25, 0.3) is 0 Å². The first-order chi connectivity index (χ1) is 11.8. The number of sulfonamides is 1. The van der Waals surface area contributed by atoms with Crippen molar-refractivity contribution < 1.29 is 22.7 Å². The minimum atomic E-state index is -3.83. The molecular formula is C16H21ClN2O5S. The molecule has 0 radical (unpaired) electrons. The predicted molar refractivity (Wildman–Crippen MR) is 95.0 cm³/mol. The standard InChI is InChI=1S/C16H21ClN2O5S/c1-4-9-18-15(20)11-24-16(21)12-7-8-13(17)14(10-12)25(22,23)19(5-2)6-3/h4,7-8,10H,1,5-6,9,11H2,2-3H3,(H,18,20). The minimum Gasteiger partial charge on any atom is -0.452 e. The number of rotatable bonds is 9. The van der Waals surface area contributed by atoms with Gasteiger partial charge in [-0.25, -0.2) is 13.2 Å². The number of ether oxygens (including phenoxy) is 1. The van der Waals surface area contributed by atoms with E-state index in [1.807, 2.05) is 0 Å². The molecule has 1 amide bonds. The summed E-state index contributed by atoms with van der Waals surface area (Å²) in [4.78, 5) is 23.3. The van der Waals surface area contributed by atoms with Crippen molar-refractivity contribution in [1.29, 1.82) is 0 Å². The van der Waals surface area contributed by atoms with Gasteiger partial charge >= 0.3 is 5.97 Å². The first kappa shape index (κ1) is 21.1. The summed E-state index contributed by atoms with van der Waals surface area (Å²) >= 11 is 6.00. The second kappa shape index (κ2) is 9.55. The zero-order valence-electron chi connectivity index (χ0n) is 14.1. The molecule has 1 rings (SSSR count). The van der Waals surface area contributed by atoms with Gasteiger partial charge in [-0.3, -0.25) is 4.79 Å². The van der Waals surface area contributed by atoms with Gasteiger partial charge in [-0.05, 0) is 18.2 Å². The van der Waals surface area contributed by atoms with Crippen LogP contribution in [-0.2, 0) is 19.6 Å². The van der Waals surface area contributed by atoms with Crippen LogP contribution >= 0.6 is 11.6 Å². The van der Waals surface area contributed by atoms with Crippen LogP contribution in [-0.4, -0.2) is 50.8 Å². The SMILES string of the molecule is C=CCNC(=O)COC(=O)c1ccc(Cl)c(S(=O)(=O)N(CC)CC)c1. The number of carbonyl (C=O) groups is 2. The Balaban J connectivity index is 2.99.